The smallest absolute Gasteiger partial charge is 0.237 e. The topological polar surface area (TPSA) is 73.9 Å². The van der Waals surface area contributed by atoms with Gasteiger partial charge in [-0.25, -0.2) is 4.39 Å². The minimum absolute atomic E-state index is 0.0173. The molecule has 0 spiro atoms. The van der Waals surface area contributed by atoms with Crippen LogP contribution in [0.25, 0.3) is 0 Å². The molecule has 7 nitrogen and oxygen atoms in total. The third kappa shape index (κ3) is 4.80. The molecule has 2 saturated carbocycles. The van der Waals surface area contributed by atoms with E-state index in [-0.39, 0.29) is 47.8 Å². The largest absolute Gasteiger partial charge is 0.380 e. The number of amides is 2. The number of alkyl halides is 1. The second-order valence-corrected chi connectivity index (χ2v) is 11.4. The van der Waals surface area contributed by atoms with Gasteiger partial charge < -0.3 is 20.3 Å². The van der Waals surface area contributed by atoms with Crippen LogP contribution in [0.15, 0.2) is 0 Å². The van der Waals surface area contributed by atoms with Gasteiger partial charge in [-0.1, -0.05) is 6.92 Å². The zero-order valence-electron chi connectivity index (χ0n) is 20.2. The predicted octanol–water partition coefficient (Wildman–Crippen LogP) is 1.71. The van der Waals surface area contributed by atoms with Gasteiger partial charge in [-0.3, -0.25) is 14.5 Å². The van der Waals surface area contributed by atoms with E-state index in [0.29, 0.717) is 38.0 Å². The van der Waals surface area contributed by atoms with Crippen LogP contribution in [0.4, 0.5) is 4.39 Å². The van der Waals surface area contributed by atoms with Crippen LogP contribution in [0.5, 0.6) is 0 Å². The first kappa shape index (κ1) is 23.5. The van der Waals surface area contributed by atoms with Gasteiger partial charge in [-0.05, 0) is 57.3 Å². The number of likely N-dealkylation sites (N-methyl/N-ethyl adjacent to an activating group) is 1. The van der Waals surface area contributed by atoms with E-state index in [9.17, 15) is 14.0 Å². The highest BCUT2D eigenvalue weighted by Gasteiger charge is 2.46. The summed E-state index contributed by atoms with van der Waals surface area (Å²) >= 11 is 0. The molecule has 5 rings (SSSR count). The molecular weight excluding hydrogens is 423 g/mol. The molecular formula is C25H41FN4O3. The molecule has 186 valence electrons. The number of ether oxygens (including phenoxy) is 1. The third-order valence-electron chi connectivity index (χ3n) is 9.24. The van der Waals surface area contributed by atoms with E-state index in [4.69, 9.17) is 4.74 Å². The van der Waals surface area contributed by atoms with Gasteiger partial charge in [0.05, 0.1) is 25.2 Å². The van der Waals surface area contributed by atoms with Crippen molar-refractivity contribution in [2.24, 2.45) is 17.8 Å². The molecule has 33 heavy (non-hydrogen) atoms. The van der Waals surface area contributed by atoms with Crippen molar-refractivity contribution in [3.05, 3.63) is 0 Å². The number of likely N-dealkylation sites (tertiary alicyclic amines) is 1. The van der Waals surface area contributed by atoms with E-state index in [1.165, 1.54) is 0 Å². The second kappa shape index (κ2) is 9.78. The molecule has 0 bridgehead atoms. The molecule has 0 radical (unpaired) electrons. The first-order valence-corrected chi connectivity index (χ1v) is 13.2. The van der Waals surface area contributed by atoms with E-state index in [0.717, 1.165) is 51.6 Å². The molecule has 3 saturated heterocycles. The first-order chi connectivity index (χ1) is 15.9. The highest BCUT2D eigenvalue weighted by Crippen LogP contribution is 2.38. The summed E-state index contributed by atoms with van der Waals surface area (Å²) in [5, 5.41) is 6.77. The Balaban J connectivity index is 1.11. The Morgan fingerprint density at radius 2 is 1.94 bits per heavy atom. The molecule has 2 amide bonds. The molecule has 3 aliphatic heterocycles. The first-order valence-electron chi connectivity index (χ1n) is 13.2. The molecule has 8 atom stereocenters. The van der Waals surface area contributed by atoms with E-state index in [2.05, 4.69) is 22.5 Å². The number of nitrogens with one attached hydrogen (secondary N) is 2. The van der Waals surface area contributed by atoms with Crippen LogP contribution in [0.2, 0.25) is 0 Å². The number of carbonyl (C=O) groups is 2. The number of halogens is 1. The fraction of sp³-hybridized carbons (Fsp3) is 0.920. The predicted molar refractivity (Wildman–Crippen MR) is 123 cm³/mol. The highest BCUT2D eigenvalue weighted by molar-refractivity contribution is 5.82. The Labute approximate surface area is 197 Å². The standard InChI is InChI=1S/C25H41FN4O3/c1-15-6-7-21(26)20-11-22(28-23(15)20)24(31)27-17-4-3-5-18(10-17)30-9-8-19(12-30)29(2)25(32)16-13-33-14-16/h15-23,28H,3-14H2,1-2H3,(H,27,31)/t15?,17-,18+,19?,20?,21?,22?,23?/m1/s1. The summed E-state index contributed by atoms with van der Waals surface area (Å²) < 4.78 is 19.6. The fourth-order valence-electron chi connectivity index (χ4n) is 6.99. The number of nitrogens with zero attached hydrogens (tertiary/aromatic N) is 2. The Morgan fingerprint density at radius 1 is 1.12 bits per heavy atom. The van der Waals surface area contributed by atoms with Crippen LogP contribution in [0, 0.1) is 17.8 Å². The number of fused-ring (bicyclic) bond motifs is 1. The Bertz CT molecular complexity index is 716. The summed E-state index contributed by atoms with van der Waals surface area (Å²) in [5.41, 5.74) is 0. The van der Waals surface area contributed by atoms with Crippen molar-refractivity contribution in [3.63, 3.8) is 0 Å². The zero-order chi connectivity index (χ0) is 23.1. The van der Waals surface area contributed by atoms with E-state index < -0.39 is 6.17 Å². The summed E-state index contributed by atoms with van der Waals surface area (Å²) in [6.45, 7) is 5.23. The Morgan fingerprint density at radius 3 is 2.67 bits per heavy atom. The average Bonchev–Trinajstić information content (AvgIpc) is 3.43. The summed E-state index contributed by atoms with van der Waals surface area (Å²) in [4.78, 5) is 30.1. The number of hydrogen-bond acceptors (Lipinski definition) is 5. The summed E-state index contributed by atoms with van der Waals surface area (Å²) in [6, 6.07) is 0.792. The van der Waals surface area contributed by atoms with Crippen LogP contribution >= 0.6 is 0 Å². The van der Waals surface area contributed by atoms with Gasteiger partial charge in [0.2, 0.25) is 11.8 Å². The maximum Gasteiger partial charge on any atom is 0.237 e. The molecule has 8 heteroatoms. The minimum Gasteiger partial charge on any atom is -0.380 e. The molecule has 2 aliphatic carbocycles. The van der Waals surface area contributed by atoms with Gasteiger partial charge in [0, 0.05) is 50.2 Å². The summed E-state index contributed by atoms with van der Waals surface area (Å²) in [7, 11) is 1.94. The van der Waals surface area contributed by atoms with Crippen LogP contribution in [0.1, 0.15) is 58.3 Å². The van der Waals surface area contributed by atoms with Crippen molar-refractivity contribution in [1.29, 1.82) is 0 Å². The number of hydrogen-bond donors (Lipinski definition) is 2. The van der Waals surface area contributed by atoms with Crippen molar-refractivity contribution >= 4 is 11.8 Å². The zero-order valence-corrected chi connectivity index (χ0v) is 20.2. The Kier molecular flexibility index (Phi) is 6.96. The van der Waals surface area contributed by atoms with Crippen LogP contribution in [-0.4, -0.2) is 91.3 Å². The van der Waals surface area contributed by atoms with Crippen molar-refractivity contribution in [3.8, 4) is 0 Å². The third-order valence-corrected chi connectivity index (χ3v) is 9.24. The lowest BCUT2D eigenvalue weighted by Crippen LogP contribution is -2.51. The quantitative estimate of drug-likeness (QED) is 0.648. The molecule has 0 aromatic carbocycles. The van der Waals surface area contributed by atoms with E-state index in [1.807, 2.05) is 11.9 Å². The SMILES string of the molecule is CC1CCC(F)C2CC(C(=O)N[C@@H]3CCC[C@H](N4CCC(N(C)C(=O)C5COC5)C4)C3)NC12. The van der Waals surface area contributed by atoms with Crippen LogP contribution in [0.3, 0.4) is 0 Å². The molecule has 5 fully saturated rings. The molecule has 2 N–H and O–H groups in total. The summed E-state index contributed by atoms with van der Waals surface area (Å²) in [5.74, 6) is 0.736. The van der Waals surface area contributed by atoms with Gasteiger partial charge in [0.15, 0.2) is 0 Å². The van der Waals surface area contributed by atoms with Crippen molar-refractivity contribution in [2.45, 2.75) is 94.7 Å². The average molecular weight is 465 g/mol. The van der Waals surface area contributed by atoms with Gasteiger partial charge >= 0.3 is 0 Å². The second-order valence-electron chi connectivity index (χ2n) is 11.4. The fourth-order valence-corrected chi connectivity index (χ4v) is 6.99. The van der Waals surface area contributed by atoms with E-state index >= 15 is 0 Å². The maximum atomic E-state index is 14.4. The van der Waals surface area contributed by atoms with Gasteiger partial charge in [-0.2, -0.15) is 0 Å². The van der Waals surface area contributed by atoms with Crippen molar-refractivity contribution in [2.75, 3.05) is 33.4 Å². The van der Waals surface area contributed by atoms with E-state index in [1.54, 1.807) is 0 Å². The van der Waals surface area contributed by atoms with Gasteiger partial charge in [0.1, 0.15) is 6.17 Å². The lowest BCUT2D eigenvalue weighted by atomic mass is 9.77. The van der Waals surface area contributed by atoms with Gasteiger partial charge in [0.25, 0.3) is 0 Å². The molecule has 0 aromatic rings. The van der Waals surface area contributed by atoms with Crippen LogP contribution < -0.4 is 10.6 Å². The van der Waals surface area contributed by atoms with Crippen LogP contribution in [-0.2, 0) is 14.3 Å². The normalized spacial score (nSPS) is 41.9. The molecule has 0 aromatic heterocycles. The minimum atomic E-state index is -0.777. The lowest BCUT2D eigenvalue weighted by molar-refractivity contribution is -0.150. The highest BCUT2D eigenvalue weighted by atomic mass is 19.1. The molecule has 5 aliphatic rings. The summed E-state index contributed by atoms with van der Waals surface area (Å²) in [6.07, 6.45) is 6.64. The lowest BCUT2D eigenvalue weighted by Gasteiger charge is -2.37. The number of rotatable bonds is 5. The molecule has 3 heterocycles. The van der Waals surface area contributed by atoms with Gasteiger partial charge in [-0.15, -0.1) is 0 Å². The molecule has 6 unspecified atom stereocenters. The number of carbonyl (C=O) groups excluding carboxylic acids is 2. The maximum absolute atomic E-state index is 14.4. The monoisotopic (exact) mass is 464 g/mol. The van der Waals surface area contributed by atoms with Crippen molar-refractivity contribution in [1.82, 2.24) is 20.4 Å². The van der Waals surface area contributed by atoms with Crippen molar-refractivity contribution < 1.29 is 18.7 Å². The Hall–Kier alpha value is -1.25.